The molecule has 8 heteroatoms. The van der Waals surface area contributed by atoms with Crippen molar-refractivity contribution in [2.45, 2.75) is 76.5 Å². The number of rotatable bonds is 5. The average Bonchev–Trinajstić information content (AvgIpc) is 3.55. The monoisotopic (exact) mass is 504 g/mol. The number of anilines is 2. The predicted molar refractivity (Wildman–Crippen MR) is 146 cm³/mol. The lowest BCUT2D eigenvalue weighted by Crippen LogP contribution is -2.53. The van der Waals surface area contributed by atoms with Crippen LogP contribution in [0.3, 0.4) is 0 Å². The van der Waals surface area contributed by atoms with Gasteiger partial charge in [0.25, 0.3) is 0 Å². The summed E-state index contributed by atoms with van der Waals surface area (Å²) in [7, 11) is 0. The van der Waals surface area contributed by atoms with E-state index in [-0.39, 0.29) is 11.6 Å². The first-order valence-corrected chi connectivity index (χ1v) is 13.9. The highest BCUT2D eigenvalue weighted by Crippen LogP contribution is 2.40. The molecule has 2 aromatic rings. The maximum absolute atomic E-state index is 13.1. The van der Waals surface area contributed by atoms with Crippen molar-refractivity contribution < 1.29 is 9.53 Å². The quantitative estimate of drug-likeness (QED) is 0.642. The lowest BCUT2D eigenvalue weighted by molar-refractivity contribution is 0.0584. The number of ether oxygens (including phenoxy) is 1. The van der Waals surface area contributed by atoms with Crippen LogP contribution >= 0.6 is 0 Å². The molecule has 1 N–H and O–H groups in total. The fourth-order valence-electron chi connectivity index (χ4n) is 7.13. The third kappa shape index (κ3) is 4.77. The van der Waals surface area contributed by atoms with Crippen LogP contribution in [0.1, 0.15) is 56.6 Å². The molecule has 1 amide bonds. The van der Waals surface area contributed by atoms with Crippen molar-refractivity contribution in [2.75, 3.05) is 43.1 Å². The van der Waals surface area contributed by atoms with Crippen molar-refractivity contribution in [3.05, 3.63) is 53.9 Å². The molecule has 8 nitrogen and oxygen atoms in total. The Morgan fingerprint density at radius 2 is 1.89 bits per heavy atom. The van der Waals surface area contributed by atoms with E-state index < -0.39 is 0 Å². The molecule has 198 valence electrons. The highest BCUT2D eigenvalue weighted by molar-refractivity contribution is 5.76. The molecule has 2 bridgehead atoms. The molecule has 1 spiro atoms. The van der Waals surface area contributed by atoms with E-state index in [2.05, 4.69) is 51.9 Å². The number of morpholine rings is 1. The first-order chi connectivity index (χ1) is 17.9. The van der Waals surface area contributed by atoms with Crippen molar-refractivity contribution in [1.29, 1.82) is 0 Å². The van der Waals surface area contributed by atoms with Crippen LogP contribution in [-0.2, 0) is 11.3 Å². The summed E-state index contributed by atoms with van der Waals surface area (Å²) < 4.78 is 7.28. The minimum absolute atomic E-state index is 0.0439. The molecule has 4 aliphatic rings. The standard InChI is InChI=1S/C29H40N6O2/c1-21(2)30-27-7-12-34(31-27)28(36)32-13-9-29(10-14-32)8-4-11-33(29)18-23-15-22(3)16-26(17-23)35-24-5-6-25(35)20-37-19-24/h7,12,15-17,24-25H,1,4-6,8-11,13-14,18-20H2,2-3H3,(H,30,31). The van der Waals surface area contributed by atoms with Gasteiger partial charge in [-0.25, -0.2) is 4.79 Å². The molecule has 4 fully saturated rings. The smallest absolute Gasteiger partial charge is 0.344 e. The largest absolute Gasteiger partial charge is 0.377 e. The molecular weight excluding hydrogens is 464 g/mol. The second kappa shape index (κ2) is 9.80. The molecule has 4 aliphatic heterocycles. The summed E-state index contributed by atoms with van der Waals surface area (Å²) in [6, 6.07) is 9.98. The third-order valence-corrected chi connectivity index (χ3v) is 8.87. The van der Waals surface area contributed by atoms with Gasteiger partial charge in [-0.2, -0.15) is 4.68 Å². The molecule has 0 aliphatic carbocycles. The van der Waals surface area contributed by atoms with Crippen molar-refractivity contribution in [3.63, 3.8) is 0 Å². The maximum Gasteiger partial charge on any atom is 0.344 e. The van der Waals surface area contributed by atoms with Crippen LogP contribution < -0.4 is 10.2 Å². The second-order valence-corrected chi connectivity index (χ2v) is 11.6. The molecule has 1 aromatic heterocycles. The van der Waals surface area contributed by atoms with Crippen LogP contribution in [0.5, 0.6) is 0 Å². The summed E-state index contributed by atoms with van der Waals surface area (Å²) in [5.74, 6) is 0.652. The highest BCUT2D eigenvalue weighted by Gasteiger charge is 2.44. The number of allylic oxidation sites excluding steroid dienone is 1. The summed E-state index contributed by atoms with van der Waals surface area (Å²) in [4.78, 5) is 20.4. The molecule has 2 unspecified atom stereocenters. The molecule has 2 atom stereocenters. The van der Waals surface area contributed by atoms with Gasteiger partial charge in [0.2, 0.25) is 0 Å². The van der Waals surface area contributed by atoms with E-state index in [1.165, 1.54) is 47.2 Å². The van der Waals surface area contributed by atoms with E-state index in [0.29, 0.717) is 17.9 Å². The number of fused-ring (bicyclic) bond motifs is 2. The number of aryl methyl sites for hydroxylation is 1. The molecule has 0 radical (unpaired) electrons. The number of amides is 1. The SMILES string of the molecule is C=C(C)Nc1ccn(C(=O)N2CCC3(CCCN3Cc3cc(C)cc(N4C5CCC4COC5)c3)CC2)n1. The third-order valence-electron chi connectivity index (χ3n) is 8.87. The molecule has 4 saturated heterocycles. The Balaban J connectivity index is 1.12. The van der Waals surface area contributed by atoms with Gasteiger partial charge >= 0.3 is 6.03 Å². The van der Waals surface area contributed by atoms with Gasteiger partial charge < -0.3 is 19.9 Å². The number of piperidine rings is 1. The number of nitrogens with one attached hydrogen (secondary N) is 1. The van der Waals surface area contributed by atoms with Gasteiger partial charge in [0.05, 0.1) is 25.3 Å². The van der Waals surface area contributed by atoms with E-state index in [4.69, 9.17) is 4.74 Å². The maximum atomic E-state index is 13.1. The predicted octanol–water partition coefficient (Wildman–Crippen LogP) is 4.60. The molecule has 0 saturated carbocycles. The Morgan fingerprint density at radius 1 is 1.14 bits per heavy atom. The zero-order valence-electron chi connectivity index (χ0n) is 22.3. The number of aromatic nitrogens is 2. The number of likely N-dealkylation sites (tertiary alicyclic amines) is 2. The Hall–Kier alpha value is -2.84. The summed E-state index contributed by atoms with van der Waals surface area (Å²) >= 11 is 0. The molecule has 37 heavy (non-hydrogen) atoms. The summed E-state index contributed by atoms with van der Waals surface area (Å²) in [6.45, 7) is 13.3. The van der Waals surface area contributed by atoms with E-state index in [1.807, 2.05) is 17.9 Å². The number of hydrogen-bond acceptors (Lipinski definition) is 6. The minimum Gasteiger partial charge on any atom is -0.377 e. The Bertz CT molecular complexity index is 1150. The van der Waals surface area contributed by atoms with Gasteiger partial charge in [0.15, 0.2) is 5.82 Å². The van der Waals surface area contributed by atoms with Gasteiger partial charge in [-0.3, -0.25) is 4.90 Å². The molecule has 1 aromatic carbocycles. The Morgan fingerprint density at radius 3 is 2.62 bits per heavy atom. The van der Waals surface area contributed by atoms with Crippen molar-refractivity contribution >= 4 is 17.5 Å². The van der Waals surface area contributed by atoms with E-state index >= 15 is 0 Å². The van der Waals surface area contributed by atoms with Crippen molar-refractivity contribution in [1.82, 2.24) is 19.6 Å². The summed E-state index contributed by atoms with van der Waals surface area (Å²) in [5, 5.41) is 7.46. The lowest BCUT2D eigenvalue weighted by atomic mass is 9.84. The first kappa shape index (κ1) is 24.5. The first-order valence-electron chi connectivity index (χ1n) is 13.9. The minimum atomic E-state index is -0.0439. The van der Waals surface area contributed by atoms with Crippen LogP contribution in [0.15, 0.2) is 42.7 Å². The van der Waals surface area contributed by atoms with Crippen LogP contribution in [0.25, 0.3) is 0 Å². The van der Waals surface area contributed by atoms with Crippen molar-refractivity contribution in [3.8, 4) is 0 Å². The number of carbonyl (C=O) groups excluding carboxylic acids is 1. The zero-order valence-corrected chi connectivity index (χ0v) is 22.3. The van der Waals surface area contributed by atoms with E-state index in [0.717, 1.165) is 57.9 Å². The second-order valence-electron chi connectivity index (χ2n) is 11.6. The average molecular weight is 505 g/mol. The van der Waals surface area contributed by atoms with Crippen LogP contribution in [-0.4, -0.2) is 76.1 Å². The van der Waals surface area contributed by atoms with Gasteiger partial charge in [0.1, 0.15) is 0 Å². The Kier molecular flexibility index (Phi) is 6.49. The number of hydrogen-bond donors (Lipinski definition) is 1. The number of benzene rings is 1. The van der Waals surface area contributed by atoms with Crippen LogP contribution in [0.4, 0.5) is 16.3 Å². The summed E-state index contributed by atoms with van der Waals surface area (Å²) in [6.07, 6.45) is 8.69. The highest BCUT2D eigenvalue weighted by atomic mass is 16.5. The van der Waals surface area contributed by atoms with Gasteiger partial charge in [-0.1, -0.05) is 12.6 Å². The molecular formula is C29H40N6O2. The fourth-order valence-corrected chi connectivity index (χ4v) is 7.13. The lowest BCUT2D eigenvalue weighted by Gasteiger charge is -2.45. The van der Waals surface area contributed by atoms with Crippen LogP contribution in [0, 0.1) is 6.92 Å². The summed E-state index contributed by atoms with van der Waals surface area (Å²) in [5.41, 5.74) is 5.12. The Labute approximate surface area is 220 Å². The van der Waals surface area contributed by atoms with Gasteiger partial charge in [0, 0.05) is 48.8 Å². The normalized spacial score (nSPS) is 25.1. The van der Waals surface area contributed by atoms with E-state index in [9.17, 15) is 4.79 Å². The van der Waals surface area contributed by atoms with Crippen molar-refractivity contribution in [2.24, 2.45) is 0 Å². The molecule has 5 heterocycles. The van der Waals surface area contributed by atoms with E-state index in [1.54, 1.807) is 6.20 Å². The number of nitrogens with zero attached hydrogens (tertiary/aromatic N) is 5. The zero-order chi connectivity index (χ0) is 25.6. The van der Waals surface area contributed by atoms with Gasteiger partial charge in [-0.15, -0.1) is 5.10 Å². The fraction of sp³-hybridized carbons (Fsp3) is 0.586. The topological polar surface area (TPSA) is 65.9 Å². The number of carbonyl (C=O) groups is 1. The van der Waals surface area contributed by atoms with Gasteiger partial charge in [-0.05, 0) is 82.2 Å². The molecule has 6 rings (SSSR count). The van der Waals surface area contributed by atoms with Crippen LogP contribution in [0.2, 0.25) is 0 Å².